The van der Waals surface area contributed by atoms with Crippen molar-refractivity contribution in [3.8, 4) is 5.75 Å². The number of aryl methyl sites for hydroxylation is 1. The summed E-state index contributed by atoms with van der Waals surface area (Å²) in [5.74, 6) is 1.33. The maximum absolute atomic E-state index is 12.8. The molecule has 1 aromatic heterocycles. The Morgan fingerprint density at radius 3 is 2.45 bits per heavy atom. The van der Waals surface area contributed by atoms with E-state index in [4.69, 9.17) is 9.47 Å². The molecule has 0 N–H and O–H groups in total. The van der Waals surface area contributed by atoms with Crippen LogP contribution in [0.3, 0.4) is 0 Å². The number of cyclic esters (lactones) is 1. The van der Waals surface area contributed by atoms with E-state index in [1.807, 2.05) is 43.0 Å². The molecular weight excluding hydrogens is 370 g/mol. The van der Waals surface area contributed by atoms with Gasteiger partial charge in [0.25, 0.3) is 5.91 Å². The molecule has 0 spiro atoms. The summed E-state index contributed by atoms with van der Waals surface area (Å²) < 4.78 is 11.1. The number of amides is 2. The summed E-state index contributed by atoms with van der Waals surface area (Å²) in [6, 6.07) is 11.4. The first-order valence-corrected chi connectivity index (χ1v) is 9.96. The molecule has 1 atom stereocenters. The van der Waals surface area contributed by atoms with Crippen molar-refractivity contribution in [2.45, 2.75) is 38.8 Å². The third-order valence-electron chi connectivity index (χ3n) is 5.38. The van der Waals surface area contributed by atoms with E-state index < -0.39 is 6.09 Å². The summed E-state index contributed by atoms with van der Waals surface area (Å²) in [6.07, 6.45) is 2.83. The van der Waals surface area contributed by atoms with Gasteiger partial charge in [0, 0.05) is 32.1 Å². The number of ether oxygens (including phenoxy) is 2. The first-order chi connectivity index (χ1) is 14.0. The van der Waals surface area contributed by atoms with Gasteiger partial charge in [0.2, 0.25) is 0 Å². The predicted molar refractivity (Wildman–Crippen MR) is 108 cm³/mol. The highest BCUT2D eigenvalue weighted by molar-refractivity contribution is 5.95. The summed E-state index contributed by atoms with van der Waals surface area (Å²) in [5, 5.41) is 0. The Morgan fingerprint density at radius 1 is 1.14 bits per heavy atom. The Balaban J connectivity index is 1.33. The van der Waals surface area contributed by atoms with Crippen LogP contribution in [0, 0.1) is 6.92 Å². The minimum absolute atomic E-state index is 0.0464. The number of anilines is 1. The summed E-state index contributed by atoms with van der Waals surface area (Å²) >= 11 is 0. The van der Waals surface area contributed by atoms with Crippen LogP contribution in [0.5, 0.6) is 5.75 Å². The maximum Gasteiger partial charge on any atom is 0.415 e. The Bertz CT molecular complexity index is 874. The topological polar surface area (TPSA) is 72.0 Å². The number of pyridine rings is 1. The zero-order valence-electron chi connectivity index (χ0n) is 16.7. The van der Waals surface area contributed by atoms with Gasteiger partial charge in [-0.05, 0) is 38.1 Å². The molecule has 7 heteroatoms. The number of likely N-dealkylation sites (tertiary alicyclic amines) is 1. The zero-order valence-corrected chi connectivity index (χ0v) is 16.7. The van der Waals surface area contributed by atoms with Crippen molar-refractivity contribution in [2.24, 2.45) is 0 Å². The lowest BCUT2D eigenvalue weighted by molar-refractivity contribution is 0.0595. The van der Waals surface area contributed by atoms with Crippen molar-refractivity contribution in [2.75, 3.05) is 24.6 Å². The van der Waals surface area contributed by atoms with E-state index in [1.165, 1.54) is 16.7 Å². The van der Waals surface area contributed by atoms with Gasteiger partial charge in [-0.15, -0.1) is 0 Å². The highest BCUT2D eigenvalue weighted by atomic mass is 16.6. The van der Waals surface area contributed by atoms with Crippen molar-refractivity contribution in [1.82, 2.24) is 9.88 Å². The lowest BCUT2D eigenvalue weighted by Gasteiger charge is -2.32. The van der Waals surface area contributed by atoms with E-state index >= 15 is 0 Å². The minimum atomic E-state index is -0.403. The Morgan fingerprint density at radius 2 is 1.86 bits per heavy atom. The van der Waals surface area contributed by atoms with Crippen LogP contribution in [0.4, 0.5) is 10.6 Å². The van der Waals surface area contributed by atoms with Gasteiger partial charge in [0.1, 0.15) is 24.3 Å². The fraction of sp³-hybridized carbons (Fsp3) is 0.409. The molecule has 152 valence electrons. The first-order valence-electron chi connectivity index (χ1n) is 9.96. The molecule has 0 bridgehead atoms. The molecule has 2 aromatic rings. The van der Waals surface area contributed by atoms with Gasteiger partial charge in [0.05, 0.1) is 11.6 Å². The predicted octanol–water partition coefficient (Wildman–Crippen LogP) is 3.42. The van der Waals surface area contributed by atoms with Gasteiger partial charge in [-0.2, -0.15) is 0 Å². The summed E-state index contributed by atoms with van der Waals surface area (Å²) in [4.78, 5) is 32.3. The van der Waals surface area contributed by atoms with Crippen LogP contribution in [-0.2, 0) is 4.74 Å². The molecule has 0 aliphatic carbocycles. The van der Waals surface area contributed by atoms with Gasteiger partial charge < -0.3 is 14.4 Å². The molecule has 2 fully saturated rings. The minimum Gasteiger partial charge on any atom is -0.490 e. The standard InChI is InChI=1S/C22H25N3O4/c1-15-3-6-18(7-4-15)29-19-9-11-24(12-10-19)21(26)17-5-8-20(23-13-17)25-16(2)14-28-22(25)27/h3-8,13,16,19H,9-12,14H2,1-2H3. The van der Waals surface area contributed by atoms with Crippen LogP contribution in [0.1, 0.15) is 35.7 Å². The normalized spacial score (nSPS) is 19.9. The monoisotopic (exact) mass is 395 g/mol. The smallest absolute Gasteiger partial charge is 0.415 e. The third-order valence-corrected chi connectivity index (χ3v) is 5.38. The molecule has 2 aliphatic rings. The second kappa shape index (κ2) is 8.11. The molecule has 0 radical (unpaired) electrons. The molecule has 3 heterocycles. The number of hydrogen-bond acceptors (Lipinski definition) is 5. The molecule has 2 aliphatic heterocycles. The van der Waals surface area contributed by atoms with E-state index in [0.29, 0.717) is 31.1 Å². The highest BCUT2D eigenvalue weighted by Crippen LogP contribution is 2.23. The van der Waals surface area contributed by atoms with Crippen molar-refractivity contribution in [1.29, 1.82) is 0 Å². The van der Waals surface area contributed by atoms with Crippen LogP contribution >= 0.6 is 0 Å². The van der Waals surface area contributed by atoms with Gasteiger partial charge in [0.15, 0.2) is 0 Å². The molecule has 1 aromatic carbocycles. The quantitative estimate of drug-likeness (QED) is 0.793. The Labute approximate surface area is 170 Å². The van der Waals surface area contributed by atoms with Crippen molar-refractivity contribution in [3.05, 3.63) is 53.7 Å². The molecule has 0 saturated carbocycles. The third kappa shape index (κ3) is 4.18. The number of benzene rings is 1. The molecule has 7 nitrogen and oxygen atoms in total. The molecule has 2 amide bonds. The molecule has 29 heavy (non-hydrogen) atoms. The number of nitrogens with zero attached hydrogens (tertiary/aromatic N) is 3. The largest absolute Gasteiger partial charge is 0.490 e. The average molecular weight is 395 g/mol. The van der Waals surface area contributed by atoms with E-state index in [0.717, 1.165) is 18.6 Å². The molecular formula is C22H25N3O4. The Kier molecular flexibility index (Phi) is 5.38. The van der Waals surface area contributed by atoms with E-state index in [9.17, 15) is 9.59 Å². The lowest BCUT2D eigenvalue weighted by Crippen LogP contribution is -2.41. The number of piperidine rings is 1. The van der Waals surface area contributed by atoms with Crippen LogP contribution in [0.2, 0.25) is 0 Å². The molecule has 1 unspecified atom stereocenters. The maximum atomic E-state index is 12.8. The van der Waals surface area contributed by atoms with E-state index in [1.54, 1.807) is 12.1 Å². The number of aromatic nitrogens is 1. The fourth-order valence-electron chi connectivity index (χ4n) is 3.66. The summed E-state index contributed by atoms with van der Waals surface area (Å²) in [6.45, 7) is 5.58. The van der Waals surface area contributed by atoms with E-state index in [-0.39, 0.29) is 18.1 Å². The van der Waals surface area contributed by atoms with Crippen LogP contribution < -0.4 is 9.64 Å². The second-order valence-electron chi connectivity index (χ2n) is 7.62. The number of rotatable bonds is 4. The summed E-state index contributed by atoms with van der Waals surface area (Å²) in [5.41, 5.74) is 1.72. The van der Waals surface area contributed by atoms with Crippen LogP contribution in [-0.4, -0.2) is 53.7 Å². The van der Waals surface area contributed by atoms with Gasteiger partial charge in [-0.25, -0.2) is 9.78 Å². The molecule has 2 saturated heterocycles. The van der Waals surface area contributed by atoms with Crippen molar-refractivity contribution in [3.63, 3.8) is 0 Å². The van der Waals surface area contributed by atoms with Gasteiger partial charge in [-0.1, -0.05) is 17.7 Å². The second-order valence-corrected chi connectivity index (χ2v) is 7.62. The number of hydrogen-bond donors (Lipinski definition) is 0. The zero-order chi connectivity index (χ0) is 20.4. The van der Waals surface area contributed by atoms with Crippen LogP contribution in [0.25, 0.3) is 0 Å². The lowest BCUT2D eigenvalue weighted by atomic mass is 10.1. The van der Waals surface area contributed by atoms with Gasteiger partial charge in [-0.3, -0.25) is 9.69 Å². The Hall–Kier alpha value is -3.09. The van der Waals surface area contributed by atoms with Crippen LogP contribution in [0.15, 0.2) is 42.6 Å². The van der Waals surface area contributed by atoms with Gasteiger partial charge >= 0.3 is 6.09 Å². The fourth-order valence-corrected chi connectivity index (χ4v) is 3.66. The first kappa shape index (κ1) is 19.2. The average Bonchev–Trinajstić information content (AvgIpc) is 3.08. The number of carbonyl (C=O) groups is 2. The SMILES string of the molecule is Cc1ccc(OC2CCN(C(=O)c3ccc(N4C(=O)OCC4C)nc3)CC2)cc1. The van der Waals surface area contributed by atoms with Crippen molar-refractivity contribution >= 4 is 17.8 Å². The van der Waals surface area contributed by atoms with E-state index in [2.05, 4.69) is 4.98 Å². The highest BCUT2D eigenvalue weighted by Gasteiger charge is 2.32. The number of carbonyl (C=O) groups excluding carboxylic acids is 2. The molecule has 4 rings (SSSR count). The van der Waals surface area contributed by atoms with Crippen molar-refractivity contribution < 1.29 is 19.1 Å². The summed E-state index contributed by atoms with van der Waals surface area (Å²) in [7, 11) is 0.